The molecule has 3 rings (SSSR count). The number of aromatic nitrogens is 1. The third-order valence-electron chi connectivity index (χ3n) is 4.41. The monoisotopic (exact) mass is 339 g/mol. The topological polar surface area (TPSA) is 82.5 Å². The van der Waals surface area contributed by atoms with Gasteiger partial charge in [-0.05, 0) is 37.1 Å². The number of pyridine rings is 1. The second-order valence-corrected chi connectivity index (χ2v) is 6.13. The van der Waals surface area contributed by atoms with Gasteiger partial charge in [-0.2, -0.15) is 0 Å². The van der Waals surface area contributed by atoms with Gasteiger partial charge in [0.25, 0.3) is 11.8 Å². The molecule has 0 aliphatic carbocycles. The Morgan fingerprint density at radius 3 is 2.68 bits per heavy atom. The lowest BCUT2D eigenvalue weighted by molar-refractivity contribution is -0.123. The number of anilines is 1. The number of hydrogen-bond acceptors (Lipinski definition) is 4. The molecule has 1 aliphatic rings. The van der Waals surface area contributed by atoms with Gasteiger partial charge in [0, 0.05) is 35.8 Å². The number of fused-ring (bicyclic) bond motifs is 1. The Labute approximate surface area is 146 Å². The molecule has 0 saturated heterocycles. The minimum atomic E-state index is -1.08. The van der Waals surface area contributed by atoms with E-state index in [1.165, 1.54) is 12.4 Å². The van der Waals surface area contributed by atoms with E-state index in [0.717, 1.165) is 12.0 Å². The number of aliphatic hydroxyl groups is 1. The predicted molar refractivity (Wildman–Crippen MR) is 94.3 cm³/mol. The zero-order valence-electron chi connectivity index (χ0n) is 14.3. The highest BCUT2D eigenvalue weighted by Gasteiger charge is 2.40. The van der Waals surface area contributed by atoms with E-state index in [4.69, 9.17) is 0 Å². The van der Waals surface area contributed by atoms with Crippen LogP contribution in [0.25, 0.3) is 0 Å². The predicted octanol–water partition coefficient (Wildman–Crippen LogP) is 1.98. The number of amides is 2. The zero-order chi connectivity index (χ0) is 18.0. The zero-order valence-corrected chi connectivity index (χ0v) is 14.3. The van der Waals surface area contributed by atoms with Crippen LogP contribution in [-0.4, -0.2) is 34.5 Å². The number of nitrogens with one attached hydrogen (secondary N) is 1. The minimum absolute atomic E-state index is 0.296. The molecule has 0 radical (unpaired) electrons. The summed E-state index contributed by atoms with van der Waals surface area (Å²) in [4.78, 5) is 30.9. The number of aryl methyl sites for hydroxylation is 1. The Hall–Kier alpha value is -2.73. The molecule has 1 aromatic heterocycles. The fraction of sp³-hybridized carbons (Fsp3) is 0.316. The maximum Gasteiger partial charge on any atom is 0.252 e. The molecule has 0 bridgehead atoms. The van der Waals surface area contributed by atoms with Crippen LogP contribution in [0, 0.1) is 6.92 Å². The molecule has 0 fully saturated rings. The molecule has 0 saturated carbocycles. The van der Waals surface area contributed by atoms with Crippen LogP contribution in [0.1, 0.15) is 40.9 Å². The van der Waals surface area contributed by atoms with Gasteiger partial charge in [-0.15, -0.1) is 0 Å². The molecular formula is C19H21N3O3. The van der Waals surface area contributed by atoms with E-state index < -0.39 is 18.1 Å². The van der Waals surface area contributed by atoms with Crippen LogP contribution in [0.5, 0.6) is 0 Å². The van der Waals surface area contributed by atoms with Gasteiger partial charge >= 0.3 is 0 Å². The number of hydrogen-bond donors (Lipinski definition) is 2. The summed E-state index contributed by atoms with van der Waals surface area (Å²) < 4.78 is 0. The molecule has 6 nitrogen and oxygen atoms in total. The van der Waals surface area contributed by atoms with Crippen LogP contribution >= 0.6 is 0 Å². The Bertz CT molecular complexity index is 792. The fourth-order valence-corrected chi connectivity index (χ4v) is 3.20. The normalized spacial score (nSPS) is 19.5. The van der Waals surface area contributed by atoms with E-state index >= 15 is 0 Å². The van der Waals surface area contributed by atoms with Crippen molar-refractivity contribution in [1.29, 1.82) is 0 Å². The summed E-state index contributed by atoms with van der Waals surface area (Å²) in [6, 6.07) is 7.72. The van der Waals surface area contributed by atoms with E-state index in [-0.39, 0.29) is 5.91 Å². The van der Waals surface area contributed by atoms with Crippen LogP contribution in [0.15, 0.2) is 42.7 Å². The Balaban J connectivity index is 1.96. The summed E-state index contributed by atoms with van der Waals surface area (Å²) in [5, 5.41) is 13.5. The van der Waals surface area contributed by atoms with Gasteiger partial charge in [-0.25, -0.2) is 0 Å². The highest BCUT2D eigenvalue weighted by Crippen LogP contribution is 2.37. The van der Waals surface area contributed by atoms with Crippen molar-refractivity contribution in [3.63, 3.8) is 0 Å². The summed E-state index contributed by atoms with van der Waals surface area (Å²) >= 11 is 0. The Kier molecular flexibility index (Phi) is 4.81. The molecule has 0 spiro atoms. The van der Waals surface area contributed by atoms with Crippen molar-refractivity contribution >= 4 is 17.5 Å². The van der Waals surface area contributed by atoms with Gasteiger partial charge in [0.05, 0.1) is 0 Å². The van der Waals surface area contributed by atoms with Crippen molar-refractivity contribution in [3.8, 4) is 0 Å². The first-order valence-electron chi connectivity index (χ1n) is 8.34. The van der Waals surface area contributed by atoms with E-state index in [0.29, 0.717) is 23.4 Å². The van der Waals surface area contributed by atoms with Crippen molar-refractivity contribution in [1.82, 2.24) is 10.3 Å². The van der Waals surface area contributed by atoms with Crippen molar-refractivity contribution < 1.29 is 14.7 Å². The summed E-state index contributed by atoms with van der Waals surface area (Å²) in [5.41, 5.74) is 2.69. The molecule has 25 heavy (non-hydrogen) atoms. The molecule has 2 N–H and O–H groups in total. The summed E-state index contributed by atoms with van der Waals surface area (Å²) in [6.45, 7) is 4.41. The molecule has 2 amide bonds. The largest absolute Gasteiger partial charge is 0.386 e. The lowest BCUT2D eigenvalue weighted by Gasteiger charge is -2.38. The summed E-state index contributed by atoms with van der Waals surface area (Å²) in [6.07, 6.45) is 2.72. The third kappa shape index (κ3) is 3.13. The van der Waals surface area contributed by atoms with E-state index in [2.05, 4.69) is 10.3 Å². The first kappa shape index (κ1) is 17.1. The fourth-order valence-electron chi connectivity index (χ4n) is 3.20. The highest BCUT2D eigenvalue weighted by atomic mass is 16.3. The van der Waals surface area contributed by atoms with E-state index in [9.17, 15) is 14.7 Å². The van der Waals surface area contributed by atoms with Crippen molar-refractivity contribution in [2.75, 3.05) is 11.4 Å². The van der Waals surface area contributed by atoms with Gasteiger partial charge in [-0.3, -0.25) is 14.6 Å². The quantitative estimate of drug-likeness (QED) is 0.892. The molecule has 1 aliphatic heterocycles. The number of rotatable bonds is 4. The first-order valence-corrected chi connectivity index (χ1v) is 8.34. The minimum Gasteiger partial charge on any atom is -0.386 e. The molecule has 130 valence electrons. The van der Waals surface area contributed by atoms with Crippen LogP contribution in [-0.2, 0) is 4.79 Å². The molecule has 2 aromatic rings. The first-order chi connectivity index (χ1) is 12.0. The Morgan fingerprint density at radius 1 is 1.28 bits per heavy atom. The van der Waals surface area contributed by atoms with Crippen molar-refractivity contribution in [3.05, 3.63) is 59.4 Å². The molecular weight excluding hydrogens is 318 g/mol. The number of carbonyl (C=O) groups is 2. The molecule has 2 atom stereocenters. The maximum absolute atomic E-state index is 12.9. The smallest absolute Gasteiger partial charge is 0.252 e. The van der Waals surface area contributed by atoms with Crippen LogP contribution in [0.4, 0.5) is 5.69 Å². The number of benzene rings is 1. The highest BCUT2D eigenvalue weighted by molar-refractivity contribution is 6.05. The van der Waals surface area contributed by atoms with E-state index in [1.807, 2.05) is 32.0 Å². The number of carbonyl (C=O) groups excluding carboxylic acids is 2. The van der Waals surface area contributed by atoms with Crippen LogP contribution in [0.3, 0.4) is 0 Å². The Morgan fingerprint density at radius 2 is 2.00 bits per heavy atom. The lowest BCUT2D eigenvalue weighted by atomic mass is 9.90. The second kappa shape index (κ2) is 7.03. The van der Waals surface area contributed by atoms with Crippen molar-refractivity contribution in [2.45, 2.75) is 32.4 Å². The van der Waals surface area contributed by atoms with Crippen molar-refractivity contribution in [2.24, 2.45) is 0 Å². The lowest BCUT2D eigenvalue weighted by Crippen LogP contribution is -2.55. The van der Waals surface area contributed by atoms with Crippen LogP contribution < -0.4 is 10.2 Å². The van der Waals surface area contributed by atoms with Gasteiger partial charge in [0.1, 0.15) is 12.1 Å². The van der Waals surface area contributed by atoms with Crippen LogP contribution in [0.2, 0.25) is 0 Å². The van der Waals surface area contributed by atoms with E-state index in [1.54, 1.807) is 17.0 Å². The number of nitrogens with zero attached hydrogens (tertiary/aromatic N) is 2. The average molecular weight is 339 g/mol. The SMILES string of the molecule is CCCN1C(=O)C(NC(=O)c2ccncc2)C(O)c2c(C)cccc21. The standard InChI is InChI=1S/C19H21N3O3/c1-3-11-22-14-6-4-5-12(2)15(14)17(23)16(19(22)25)21-18(24)13-7-9-20-10-8-13/h4-10,16-17,23H,3,11H2,1-2H3,(H,21,24). The van der Waals surface area contributed by atoms with Gasteiger partial charge < -0.3 is 15.3 Å². The summed E-state index contributed by atoms with van der Waals surface area (Å²) in [5.74, 6) is -0.705. The van der Waals surface area contributed by atoms with Gasteiger partial charge in [0.2, 0.25) is 0 Å². The average Bonchev–Trinajstić information content (AvgIpc) is 2.62. The molecule has 6 heteroatoms. The molecule has 2 heterocycles. The summed E-state index contributed by atoms with van der Waals surface area (Å²) in [7, 11) is 0. The number of aliphatic hydroxyl groups excluding tert-OH is 1. The van der Waals surface area contributed by atoms with Gasteiger partial charge in [0.15, 0.2) is 0 Å². The maximum atomic E-state index is 12.9. The molecule has 2 unspecified atom stereocenters. The van der Waals surface area contributed by atoms with Gasteiger partial charge in [-0.1, -0.05) is 19.1 Å². The third-order valence-corrected chi connectivity index (χ3v) is 4.41. The second-order valence-electron chi connectivity index (χ2n) is 6.13. The molecule has 1 aromatic carbocycles.